The molecule has 1 atom stereocenters. The number of nitrogens with one attached hydrogen (secondary N) is 1. The number of cyclic esters (lactones) is 1. The predicted octanol–water partition coefficient (Wildman–Crippen LogP) is 1.86. The van der Waals surface area contributed by atoms with E-state index in [-0.39, 0.29) is 12.0 Å². The molecule has 1 aromatic rings. The number of carbonyl (C=O) groups is 2. The van der Waals surface area contributed by atoms with Gasteiger partial charge in [0.15, 0.2) is 0 Å². The van der Waals surface area contributed by atoms with Crippen LogP contribution in [0.1, 0.15) is 30.0 Å². The number of rotatable bonds is 6. The molecule has 8 heteroatoms. The quantitative estimate of drug-likeness (QED) is 0.759. The van der Waals surface area contributed by atoms with E-state index in [4.69, 9.17) is 4.74 Å². The van der Waals surface area contributed by atoms with Crippen LogP contribution in [0.15, 0.2) is 18.2 Å². The Morgan fingerprint density at radius 1 is 1.32 bits per heavy atom. The van der Waals surface area contributed by atoms with Gasteiger partial charge in [-0.1, -0.05) is 0 Å². The molecule has 2 aliphatic heterocycles. The van der Waals surface area contributed by atoms with E-state index in [1.165, 1.54) is 18.1 Å². The molecule has 1 saturated heterocycles. The Morgan fingerprint density at radius 2 is 2.04 bits per heavy atom. The number of amides is 2. The van der Waals surface area contributed by atoms with Crippen molar-refractivity contribution in [2.45, 2.75) is 33.3 Å². The van der Waals surface area contributed by atoms with Crippen LogP contribution in [0.4, 0.5) is 10.5 Å². The van der Waals surface area contributed by atoms with Crippen LogP contribution < -0.4 is 10.2 Å². The first-order valence-corrected chi connectivity index (χ1v) is 9.58. The molecular formula is C20H26BN3O4. The molecule has 3 rings (SSSR count). The Kier molecular flexibility index (Phi) is 6.29. The van der Waals surface area contributed by atoms with Gasteiger partial charge < -0.3 is 5.32 Å². The van der Waals surface area contributed by atoms with Gasteiger partial charge in [-0.05, 0) is 0 Å². The first kappa shape index (κ1) is 20.3. The second-order valence-corrected chi connectivity index (χ2v) is 7.43. The second-order valence-electron chi connectivity index (χ2n) is 7.43. The summed E-state index contributed by atoms with van der Waals surface area (Å²) < 4.78 is 16.2. The third-order valence-electron chi connectivity index (χ3n) is 5.17. The van der Waals surface area contributed by atoms with Gasteiger partial charge in [0, 0.05) is 6.92 Å². The van der Waals surface area contributed by atoms with E-state index in [1.54, 1.807) is 4.90 Å². The average molecular weight is 383 g/mol. The summed E-state index contributed by atoms with van der Waals surface area (Å²) in [5.74, 6) is -0.144. The van der Waals surface area contributed by atoms with E-state index in [9.17, 15) is 14.3 Å². The van der Waals surface area contributed by atoms with Crippen LogP contribution in [0.5, 0.6) is 0 Å². The van der Waals surface area contributed by atoms with Crippen molar-refractivity contribution < 1.29 is 19.0 Å². The standard InChI is InChI=1S/C20H26BN3O4/c1-13-7-17(24-11-18(28-20(24)26)9-22-15(3)25)8-14(2)19(13)16-5-4-6-23(10-16)12-21-27/h5,7-8,18H,4,6,9-12H2,1-3H3,(H,22,25). The molecule has 7 nitrogen and oxygen atoms in total. The maximum atomic E-state index is 12.3. The van der Waals surface area contributed by atoms with Crippen molar-refractivity contribution in [3.05, 3.63) is 34.9 Å². The Bertz CT molecular complexity index is 801. The van der Waals surface area contributed by atoms with Gasteiger partial charge in [0.05, 0.1) is 0 Å². The van der Waals surface area contributed by atoms with E-state index in [2.05, 4.69) is 16.3 Å². The summed E-state index contributed by atoms with van der Waals surface area (Å²) in [5.41, 5.74) is 5.39. The maximum absolute atomic E-state index is 12.3. The SMILES string of the molecule is CC(=O)NCC1CN(c2cc(C)c(C3=CCCN(CB=O)C3)c(C)c2)C(=O)O1. The summed E-state index contributed by atoms with van der Waals surface area (Å²) in [6.07, 6.45) is 2.87. The van der Waals surface area contributed by atoms with E-state index < -0.39 is 6.09 Å². The van der Waals surface area contributed by atoms with Crippen molar-refractivity contribution in [1.82, 2.24) is 10.2 Å². The van der Waals surface area contributed by atoms with Crippen LogP contribution in [0, 0.1) is 13.8 Å². The summed E-state index contributed by atoms with van der Waals surface area (Å²) in [5, 5.41) is 2.69. The molecule has 0 bridgehead atoms. The van der Waals surface area contributed by atoms with E-state index in [1.807, 2.05) is 26.0 Å². The Balaban J connectivity index is 1.79. The molecule has 28 heavy (non-hydrogen) atoms. The van der Waals surface area contributed by atoms with Gasteiger partial charge in [0.1, 0.15) is 0 Å². The number of anilines is 1. The number of hydrogen-bond donors (Lipinski definition) is 1. The fourth-order valence-corrected chi connectivity index (χ4v) is 3.95. The van der Waals surface area contributed by atoms with Gasteiger partial charge >= 0.3 is 142 Å². The molecular weight excluding hydrogens is 357 g/mol. The van der Waals surface area contributed by atoms with Crippen LogP contribution in [-0.4, -0.2) is 62.8 Å². The van der Waals surface area contributed by atoms with Gasteiger partial charge in [-0.2, -0.15) is 0 Å². The van der Waals surface area contributed by atoms with Crippen LogP contribution >= 0.6 is 0 Å². The third kappa shape index (κ3) is 4.50. The van der Waals surface area contributed by atoms with Crippen molar-refractivity contribution in [2.24, 2.45) is 0 Å². The monoisotopic (exact) mass is 383 g/mol. The van der Waals surface area contributed by atoms with E-state index >= 15 is 0 Å². The average Bonchev–Trinajstić information content (AvgIpc) is 3.01. The van der Waals surface area contributed by atoms with Crippen molar-refractivity contribution in [3.8, 4) is 0 Å². The van der Waals surface area contributed by atoms with Crippen molar-refractivity contribution in [3.63, 3.8) is 0 Å². The first-order chi connectivity index (χ1) is 13.4. The number of hydrogen-bond acceptors (Lipinski definition) is 5. The molecule has 0 spiro atoms. The Morgan fingerprint density at radius 3 is 2.68 bits per heavy atom. The van der Waals surface area contributed by atoms with Crippen LogP contribution in [-0.2, 0) is 14.2 Å². The fourth-order valence-electron chi connectivity index (χ4n) is 3.95. The number of nitrogens with zero attached hydrogens (tertiary/aromatic N) is 2. The van der Waals surface area contributed by atoms with Gasteiger partial charge in [-0.3, -0.25) is 4.79 Å². The fraction of sp³-hybridized carbons (Fsp3) is 0.500. The second kappa shape index (κ2) is 8.69. The zero-order valence-corrected chi connectivity index (χ0v) is 16.7. The van der Waals surface area contributed by atoms with E-state index in [0.29, 0.717) is 19.5 Å². The third-order valence-corrected chi connectivity index (χ3v) is 5.17. The number of ether oxygens (including phenoxy) is 1. The van der Waals surface area contributed by atoms with Crippen molar-refractivity contribution >= 4 is 30.4 Å². The molecule has 148 valence electrons. The molecule has 0 aliphatic carbocycles. The molecule has 1 unspecified atom stereocenters. The summed E-state index contributed by atoms with van der Waals surface area (Å²) in [6, 6.07) is 4.01. The van der Waals surface area contributed by atoms with Crippen molar-refractivity contribution in [1.29, 1.82) is 0 Å². The molecule has 0 radical (unpaired) electrons. The van der Waals surface area contributed by atoms with Crippen LogP contribution in [0.3, 0.4) is 0 Å². The minimum absolute atomic E-state index is 0.144. The van der Waals surface area contributed by atoms with Crippen LogP contribution in [0.25, 0.3) is 5.57 Å². The Labute approximate surface area is 166 Å². The summed E-state index contributed by atoms with van der Waals surface area (Å²) >= 11 is 0. The molecule has 2 aliphatic rings. The van der Waals surface area contributed by atoms with Crippen LogP contribution in [0.2, 0.25) is 0 Å². The molecule has 2 amide bonds. The van der Waals surface area contributed by atoms with Gasteiger partial charge in [-0.15, -0.1) is 0 Å². The number of benzene rings is 1. The summed E-state index contributed by atoms with van der Waals surface area (Å²) in [6.45, 7) is 7.90. The van der Waals surface area contributed by atoms with Crippen molar-refractivity contribution in [2.75, 3.05) is 37.5 Å². The zero-order valence-electron chi connectivity index (χ0n) is 16.7. The molecule has 1 N–H and O–H groups in total. The van der Waals surface area contributed by atoms with E-state index in [0.717, 1.165) is 43.5 Å². The summed E-state index contributed by atoms with van der Waals surface area (Å²) in [4.78, 5) is 27.1. The Hall–Kier alpha value is -2.48. The summed E-state index contributed by atoms with van der Waals surface area (Å²) in [7, 11) is 0.947. The number of aryl methyl sites for hydroxylation is 2. The number of carbonyl (C=O) groups excluding carboxylic acids is 2. The molecule has 0 aromatic heterocycles. The van der Waals surface area contributed by atoms with Gasteiger partial charge in [-0.25, -0.2) is 0 Å². The predicted molar refractivity (Wildman–Crippen MR) is 108 cm³/mol. The zero-order chi connectivity index (χ0) is 20.3. The first-order valence-electron chi connectivity index (χ1n) is 9.58. The molecule has 0 saturated carbocycles. The topological polar surface area (TPSA) is 79.0 Å². The van der Waals surface area contributed by atoms with Gasteiger partial charge in [0.2, 0.25) is 5.91 Å². The normalized spacial score (nSPS) is 19.8. The molecule has 1 aromatic carbocycles. The molecule has 1 fully saturated rings. The molecule has 2 heterocycles. The van der Waals surface area contributed by atoms with Gasteiger partial charge in [0.25, 0.3) is 0 Å². The minimum atomic E-state index is -0.393.